The van der Waals surface area contributed by atoms with Gasteiger partial charge in [-0.2, -0.15) is 0 Å². The topological polar surface area (TPSA) is 9.23 Å². The molecule has 2 fully saturated rings. The Morgan fingerprint density at radius 3 is 2.92 bits per heavy atom. The van der Waals surface area contributed by atoms with Crippen LogP contribution in [0, 0.1) is 11.8 Å². The third-order valence-corrected chi connectivity index (χ3v) is 3.68. The predicted octanol–water partition coefficient (Wildman–Crippen LogP) is 2.99. The van der Waals surface area contributed by atoms with Gasteiger partial charge in [-0.15, -0.1) is 0 Å². The van der Waals surface area contributed by atoms with Gasteiger partial charge >= 0.3 is 0 Å². The number of rotatable bonds is 1. The second-order valence-corrected chi connectivity index (χ2v) is 4.48. The summed E-state index contributed by atoms with van der Waals surface area (Å²) in [5, 5.41) is 0. The maximum atomic E-state index is 5.90. The molecule has 1 nitrogen and oxygen atoms in total. The van der Waals surface area contributed by atoms with Crippen LogP contribution in [0.25, 0.3) is 0 Å². The van der Waals surface area contributed by atoms with Crippen molar-refractivity contribution in [2.45, 2.75) is 58.2 Å². The molecule has 0 aromatic rings. The third-order valence-electron chi connectivity index (χ3n) is 3.68. The Kier molecular flexibility index (Phi) is 2.40. The lowest BCUT2D eigenvalue weighted by Crippen LogP contribution is -2.28. The summed E-state index contributed by atoms with van der Waals surface area (Å²) >= 11 is 0. The van der Waals surface area contributed by atoms with Gasteiger partial charge in [-0.3, -0.25) is 0 Å². The largest absolute Gasteiger partial charge is 0.375 e. The quantitative estimate of drug-likeness (QED) is 0.585. The molecule has 12 heavy (non-hydrogen) atoms. The van der Waals surface area contributed by atoms with Crippen LogP contribution in [-0.2, 0) is 4.74 Å². The molecule has 0 radical (unpaired) electrons. The lowest BCUT2D eigenvalue weighted by atomic mass is 9.75. The SMILES string of the molecule is CCC1CCC[C@H]2O[C@@H](C)C[C@@H]12. The van der Waals surface area contributed by atoms with E-state index >= 15 is 0 Å². The summed E-state index contributed by atoms with van der Waals surface area (Å²) < 4.78 is 5.90. The monoisotopic (exact) mass is 168 g/mol. The minimum absolute atomic E-state index is 0.534. The van der Waals surface area contributed by atoms with Crippen molar-refractivity contribution in [2.75, 3.05) is 0 Å². The average molecular weight is 168 g/mol. The third kappa shape index (κ3) is 1.39. The molecule has 0 spiro atoms. The Morgan fingerprint density at radius 2 is 2.17 bits per heavy atom. The van der Waals surface area contributed by atoms with Crippen molar-refractivity contribution in [3.05, 3.63) is 0 Å². The summed E-state index contributed by atoms with van der Waals surface area (Å²) in [6.07, 6.45) is 8.01. The van der Waals surface area contributed by atoms with E-state index in [1.165, 1.54) is 32.1 Å². The zero-order chi connectivity index (χ0) is 8.55. The molecule has 1 aliphatic carbocycles. The smallest absolute Gasteiger partial charge is 0.0610 e. The van der Waals surface area contributed by atoms with Crippen LogP contribution in [0.1, 0.15) is 46.0 Å². The van der Waals surface area contributed by atoms with E-state index in [4.69, 9.17) is 4.74 Å². The fraction of sp³-hybridized carbons (Fsp3) is 1.00. The molecule has 70 valence electrons. The van der Waals surface area contributed by atoms with E-state index in [2.05, 4.69) is 13.8 Å². The fourth-order valence-electron chi connectivity index (χ4n) is 3.07. The number of hydrogen-bond donors (Lipinski definition) is 0. The summed E-state index contributed by atoms with van der Waals surface area (Å²) in [5.74, 6) is 1.87. The molecule has 2 aliphatic rings. The molecule has 1 aliphatic heterocycles. The van der Waals surface area contributed by atoms with Gasteiger partial charge in [0.1, 0.15) is 0 Å². The molecule has 2 rings (SSSR count). The van der Waals surface area contributed by atoms with E-state index in [0.717, 1.165) is 11.8 Å². The predicted molar refractivity (Wildman–Crippen MR) is 50.1 cm³/mol. The first kappa shape index (κ1) is 8.55. The highest BCUT2D eigenvalue weighted by Crippen LogP contribution is 2.42. The van der Waals surface area contributed by atoms with Crippen LogP contribution in [0.15, 0.2) is 0 Å². The van der Waals surface area contributed by atoms with Crippen molar-refractivity contribution in [3.8, 4) is 0 Å². The van der Waals surface area contributed by atoms with Crippen LogP contribution in [0.3, 0.4) is 0 Å². The Hall–Kier alpha value is -0.0400. The lowest BCUT2D eigenvalue weighted by molar-refractivity contribution is 0.0125. The Labute approximate surface area is 75.5 Å². The lowest BCUT2D eigenvalue weighted by Gasteiger charge is -2.31. The van der Waals surface area contributed by atoms with Crippen molar-refractivity contribution in [3.63, 3.8) is 0 Å². The molecule has 0 N–H and O–H groups in total. The first-order chi connectivity index (χ1) is 5.81. The van der Waals surface area contributed by atoms with E-state index in [0.29, 0.717) is 12.2 Å². The molecule has 1 saturated heterocycles. The van der Waals surface area contributed by atoms with Crippen LogP contribution in [0.2, 0.25) is 0 Å². The molecule has 0 aromatic heterocycles. The van der Waals surface area contributed by atoms with Crippen LogP contribution in [0.4, 0.5) is 0 Å². The molecular weight excluding hydrogens is 148 g/mol. The van der Waals surface area contributed by atoms with Crippen molar-refractivity contribution in [1.29, 1.82) is 0 Å². The molecule has 0 bridgehead atoms. The Bertz CT molecular complexity index is 149. The average Bonchev–Trinajstić information content (AvgIpc) is 2.44. The molecule has 0 amide bonds. The second-order valence-electron chi connectivity index (χ2n) is 4.48. The van der Waals surface area contributed by atoms with E-state index in [1.54, 1.807) is 0 Å². The number of hydrogen-bond acceptors (Lipinski definition) is 1. The summed E-state index contributed by atoms with van der Waals surface area (Å²) in [7, 11) is 0. The standard InChI is InChI=1S/C11H20O/c1-3-9-5-4-6-11-10(9)7-8(2)12-11/h8-11H,3-7H2,1-2H3/t8-,9?,10-,11+/m0/s1. The molecular formula is C11H20O. The normalized spacial score (nSPS) is 47.5. The molecule has 1 heteroatoms. The van der Waals surface area contributed by atoms with Gasteiger partial charge in [0.05, 0.1) is 12.2 Å². The Morgan fingerprint density at radius 1 is 1.33 bits per heavy atom. The maximum Gasteiger partial charge on any atom is 0.0610 e. The van der Waals surface area contributed by atoms with Gasteiger partial charge in [0, 0.05) is 0 Å². The second kappa shape index (κ2) is 3.37. The highest BCUT2D eigenvalue weighted by Gasteiger charge is 2.39. The molecule has 1 saturated carbocycles. The summed E-state index contributed by atoms with van der Waals surface area (Å²) in [4.78, 5) is 0. The van der Waals surface area contributed by atoms with Crippen molar-refractivity contribution in [1.82, 2.24) is 0 Å². The van der Waals surface area contributed by atoms with Gasteiger partial charge in [-0.25, -0.2) is 0 Å². The molecule has 0 aromatic carbocycles. The highest BCUT2D eigenvalue weighted by molar-refractivity contribution is 4.88. The number of ether oxygens (including phenoxy) is 1. The molecule has 1 heterocycles. The van der Waals surface area contributed by atoms with Crippen molar-refractivity contribution in [2.24, 2.45) is 11.8 Å². The summed E-state index contributed by atoms with van der Waals surface area (Å²) in [6.45, 7) is 4.56. The molecule has 4 atom stereocenters. The van der Waals surface area contributed by atoms with Gasteiger partial charge in [-0.1, -0.05) is 26.2 Å². The fourth-order valence-corrected chi connectivity index (χ4v) is 3.07. The van der Waals surface area contributed by atoms with Gasteiger partial charge in [0.25, 0.3) is 0 Å². The first-order valence-electron chi connectivity index (χ1n) is 5.46. The van der Waals surface area contributed by atoms with Gasteiger partial charge in [0.15, 0.2) is 0 Å². The van der Waals surface area contributed by atoms with Gasteiger partial charge < -0.3 is 4.74 Å². The first-order valence-corrected chi connectivity index (χ1v) is 5.46. The zero-order valence-electron chi connectivity index (χ0n) is 8.25. The van der Waals surface area contributed by atoms with Crippen LogP contribution >= 0.6 is 0 Å². The van der Waals surface area contributed by atoms with Crippen LogP contribution in [-0.4, -0.2) is 12.2 Å². The minimum Gasteiger partial charge on any atom is -0.375 e. The number of fused-ring (bicyclic) bond motifs is 1. The van der Waals surface area contributed by atoms with E-state index < -0.39 is 0 Å². The summed E-state index contributed by atoms with van der Waals surface area (Å²) in [5.41, 5.74) is 0. The van der Waals surface area contributed by atoms with Crippen LogP contribution in [0.5, 0.6) is 0 Å². The highest BCUT2D eigenvalue weighted by atomic mass is 16.5. The van der Waals surface area contributed by atoms with Crippen molar-refractivity contribution < 1.29 is 4.74 Å². The maximum absolute atomic E-state index is 5.90. The minimum atomic E-state index is 0.534. The van der Waals surface area contributed by atoms with E-state index in [1.807, 2.05) is 0 Å². The van der Waals surface area contributed by atoms with Crippen LogP contribution < -0.4 is 0 Å². The van der Waals surface area contributed by atoms with E-state index in [9.17, 15) is 0 Å². The summed E-state index contributed by atoms with van der Waals surface area (Å²) in [6, 6.07) is 0. The van der Waals surface area contributed by atoms with Gasteiger partial charge in [-0.05, 0) is 31.6 Å². The van der Waals surface area contributed by atoms with Crippen molar-refractivity contribution >= 4 is 0 Å². The van der Waals surface area contributed by atoms with Gasteiger partial charge in [0.2, 0.25) is 0 Å². The Balaban J connectivity index is 2.02. The van der Waals surface area contributed by atoms with E-state index in [-0.39, 0.29) is 0 Å². The molecule has 1 unspecified atom stereocenters. The zero-order valence-corrected chi connectivity index (χ0v) is 8.25.